The van der Waals surface area contributed by atoms with Crippen LogP contribution in [0.5, 0.6) is 5.75 Å². The highest BCUT2D eigenvalue weighted by atomic mass is 16.5. The Labute approximate surface area is 93.3 Å². The summed E-state index contributed by atoms with van der Waals surface area (Å²) < 4.78 is 5.22. The van der Waals surface area contributed by atoms with Gasteiger partial charge < -0.3 is 4.74 Å². The van der Waals surface area contributed by atoms with Crippen LogP contribution in [-0.4, -0.2) is 16.2 Å². The first-order valence-corrected chi connectivity index (χ1v) is 4.97. The van der Waals surface area contributed by atoms with Crippen LogP contribution >= 0.6 is 0 Å². The molecule has 0 saturated carbocycles. The second kappa shape index (κ2) is 4.18. The number of ether oxygens (including phenoxy) is 1. The first kappa shape index (κ1) is 10.4. The molecule has 0 spiro atoms. The maximum atomic E-state index is 11.8. The number of rotatable bonds is 2. The van der Waals surface area contributed by atoms with Crippen molar-refractivity contribution in [2.45, 2.75) is 13.8 Å². The molecule has 4 heteroatoms. The van der Waals surface area contributed by atoms with E-state index in [9.17, 15) is 4.79 Å². The third kappa shape index (κ3) is 1.95. The maximum Gasteiger partial charge on any atom is 0.347 e. The smallest absolute Gasteiger partial charge is 0.347 e. The lowest BCUT2D eigenvalue weighted by atomic mass is 10.2. The van der Waals surface area contributed by atoms with Crippen molar-refractivity contribution < 1.29 is 9.53 Å². The maximum absolute atomic E-state index is 11.8. The number of H-pyrrole nitrogens is 1. The van der Waals surface area contributed by atoms with Crippen LogP contribution in [0.15, 0.2) is 30.3 Å². The van der Waals surface area contributed by atoms with Crippen LogP contribution in [0.3, 0.4) is 0 Å². The number of hydrogen-bond donors (Lipinski definition) is 1. The van der Waals surface area contributed by atoms with Gasteiger partial charge in [-0.05, 0) is 26.0 Å². The van der Waals surface area contributed by atoms with Crippen molar-refractivity contribution in [2.75, 3.05) is 0 Å². The number of aromatic nitrogens is 2. The molecule has 0 aliphatic rings. The van der Waals surface area contributed by atoms with Crippen LogP contribution in [-0.2, 0) is 0 Å². The fourth-order valence-corrected chi connectivity index (χ4v) is 1.50. The van der Waals surface area contributed by atoms with Crippen LogP contribution in [0.25, 0.3) is 0 Å². The molecule has 2 aromatic rings. The Balaban J connectivity index is 2.22. The summed E-state index contributed by atoms with van der Waals surface area (Å²) in [7, 11) is 0. The normalized spacial score (nSPS) is 10.1. The molecular formula is C12H12N2O2. The standard InChI is InChI=1S/C12H12N2O2/c1-8-11(9(2)14-13-8)12(15)16-10-6-4-3-5-7-10/h3-7H,1-2H3,(H,13,14). The van der Waals surface area contributed by atoms with E-state index in [0.29, 0.717) is 17.0 Å². The van der Waals surface area contributed by atoms with Crippen molar-refractivity contribution in [3.63, 3.8) is 0 Å². The van der Waals surface area contributed by atoms with Gasteiger partial charge in [0.2, 0.25) is 0 Å². The Kier molecular flexibility index (Phi) is 2.72. The molecule has 82 valence electrons. The Hall–Kier alpha value is -2.10. The van der Waals surface area contributed by atoms with E-state index < -0.39 is 0 Å². The molecule has 16 heavy (non-hydrogen) atoms. The van der Waals surface area contributed by atoms with Crippen molar-refractivity contribution in [2.24, 2.45) is 0 Å². The SMILES string of the molecule is Cc1n[nH]c(C)c1C(=O)Oc1ccccc1. The van der Waals surface area contributed by atoms with Gasteiger partial charge in [0.25, 0.3) is 0 Å². The number of para-hydroxylation sites is 1. The summed E-state index contributed by atoms with van der Waals surface area (Å²) >= 11 is 0. The molecule has 4 nitrogen and oxygen atoms in total. The van der Waals surface area contributed by atoms with Gasteiger partial charge in [-0.25, -0.2) is 4.79 Å². The van der Waals surface area contributed by atoms with Crippen LogP contribution in [0, 0.1) is 13.8 Å². The molecule has 0 fully saturated rings. The number of carbonyl (C=O) groups is 1. The number of hydrogen-bond acceptors (Lipinski definition) is 3. The summed E-state index contributed by atoms with van der Waals surface area (Å²) in [6.07, 6.45) is 0. The van der Waals surface area contributed by atoms with E-state index in [2.05, 4.69) is 10.2 Å². The van der Waals surface area contributed by atoms with E-state index in [4.69, 9.17) is 4.74 Å². The highest BCUT2D eigenvalue weighted by molar-refractivity contribution is 5.93. The second-order valence-electron chi connectivity index (χ2n) is 3.51. The average Bonchev–Trinajstić information content (AvgIpc) is 2.60. The van der Waals surface area contributed by atoms with E-state index in [-0.39, 0.29) is 5.97 Å². The average molecular weight is 216 g/mol. The molecule has 0 radical (unpaired) electrons. The molecular weight excluding hydrogens is 204 g/mol. The zero-order chi connectivity index (χ0) is 11.5. The Bertz CT molecular complexity index is 483. The van der Waals surface area contributed by atoms with Crippen LogP contribution in [0.4, 0.5) is 0 Å². The second-order valence-corrected chi connectivity index (χ2v) is 3.51. The topological polar surface area (TPSA) is 55.0 Å². The molecule has 0 unspecified atom stereocenters. The largest absolute Gasteiger partial charge is 0.423 e. The van der Waals surface area contributed by atoms with E-state index in [1.807, 2.05) is 18.2 Å². The third-order valence-electron chi connectivity index (χ3n) is 2.29. The molecule has 0 aliphatic carbocycles. The molecule has 0 bridgehead atoms. The van der Waals surface area contributed by atoms with Crippen molar-refractivity contribution in [1.29, 1.82) is 0 Å². The summed E-state index contributed by atoms with van der Waals surface area (Å²) in [5.74, 6) is 0.155. The van der Waals surface area contributed by atoms with Gasteiger partial charge in [-0.3, -0.25) is 5.10 Å². The first-order valence-electron chi connectivity index (χ1n) is 4.97. The van der Waals surface area contributed by atoms with Crippen molar-refractivity contribution in [3.05, 3.63) is 47.3 Å². The van der Waals surface area contributed by atoms with Gasteiger partial charge in [-0.2, -0.15) is 5.10 Å². The molecule has 0 saturated heterocycles. The Morgan fingerprint density at radius 2 is 1.94 bits per heavy atom. The van der Waals surface area contributed by atoms with Gasteiger partial charge in [0, 0.05) is 5.69 Å². The summed E-state index contributed by atoms with van der Waals surface area (Å²) in [6, 6.07) is 8.98. The monoisotopic (exact) mass is 216 g/mol. The number of benzene rings is 1. The number of aromatic amines is 1. The van der Waals surface area contributed by atoms with Crippen molar-refractivity contribution in [3.8, 4) is 5.75 Å². The van der Waals surface area contributed by atoms with Gasteiger partial charge in [0.05, 0.1) is 5.69 Å². The number of carbonyl (C=O) groups excluding carboxylic acids is 1. The highest BCUT2D eigenvalue weighted by Crippen LogP contribution is 2.15. The molecule has 2 rings (SSSR count). The number of nitrogens with one attached hydrogen (secondary N) is 1. The van der Waals surface area contributed by atoms with E-state index >= 15 is 0 Å². The minimum Gasteiger partial charge on any atom is -0.423 e. The van der Waals surface area contributed by atoms with Crippen LogP contribution < -0.4 is 4.74 Å². The number of esters is 1. The predicted molar refractivity (Wildman–Crippen MR) is 59.5 cm³/mol. The van der Waals surface area contributed by atoms with Gasteiger partial charge in [0.1, 0.15) is 11.3 Å². The number of aryl methyl sites for hydroxylation is 2. The van der Waals surface area contributed by atoms with Gasteiger partial charge in [-0.1, -0.05) is 18.2 Å². The van der Waals surface area contributed by atoms with Gasteiger partial charge in [0.15, 0.2) is 0 Å². The highest BCUT2D eigenvalue weighted by Gasteiger charge is 2.17. The molecule has 1 heterocycles. The van der Waals surface area contributed by atoms with E-state index in [1.165, 1.54) is 0 Å². The van der Waals surface area contributed by atoms with E-state index in [1.54, 1.807) is 26.0 Å². The Morgan fingerprint density at radius 1 is 1.25 bits per heavy atom. The summed E-state index contributed by atoms with van der Waals surface area (Å²) in [5, 5.41) is 6.71. The lowest BCUT2D eigenvalue weighted by molar-refractivity contribution is 0.0733. The zero-order valence-electron chi connectivity index (χ0n) is 9.15. The minimum absolute atomic E-state index is 0.380. The molecule has 0 aliphatic heterocycles. The summed E-state index contributed by atoms with van der Waals surface area (Å²) in [4.78, 5) is 11.8. The predicted octanol–water partition coefficient (Wildman–Crippen LogP) is 2.25. The van der Waals surface area contributed by atoms with Gasteiger partial charge in [-0.15, -0.1) is 0 Å². The Morgan fingerprint density at radius 3 is 2.50 bits per heavy atom. The lowest BCUT2D eigenvalue weighted by Gasteiger charge is -2.03. The molecule has 0 atom stereocenters. The zero-order valence-corrected chi connectivity index (χ0v) is 9.15. The summed E-state index contributed by atoms with van der Waals surface area (Å²) in [5.41, 5.74) is 1.88. The van der Waals surface area contributed by atoms with Gasteiger partial charge >= 0.3 is 5.97 Å². The number of nitrogens with zero attached hydrogens (tertiary/aromatic N) is 1. The quantitative estimate of drug-likeness (QED) is 0.618. The van der Waals surface area contributed by atoms with Crippen molar-refractivity contribution in [1.82, 2.24) is 10.2 Å². The molecule has 0 amide bonds. The molecule has 1 aromatic carbocycles. The van der Waals surface area contributed by atoms with Crippen LogP contribution in [0.2, 0.25) is 0 Å². The minimum atomic E-state index is -0.380. The lowest BCUT2D eigenvalue weighted by Crippen LogP contribution is -2.10. The van der Waals surface area contributed by atoms with E-state index in [0.717, 1.165) is 5.69 Å². The van der Waals surface area contributed by atoms with Crippen LogP contribution in [0.1, 0.15) is 21.7 Å². The first-order chi connectivity index (χ1) is 7.68. The molecule has 1 N–H and O–H groups in total. The fourth-order valence-electron chi connectivity index (χ4n) is 1.50. The fraction of sp³-hybridized carbons (Fsp3) is 0.167. The summed E-state index contributed by atoms with van der Waals surface area (Å²) in [6.45, 7) is 3.56. The molecule has 1 aromatic heterocycles. The third-order valence-corrected chi connectivity index (χ3v) is 2.29. The van der Waals surface area contributed by atoms with Crippen molar-refractivity contribution >= 4 is 5.97 Å².